The SMILES string of the molecule is Cc1ncc(NC(=O)CC2CCCN2C(C)C)cc1NC(=O)c1cnn2cc(-c3ccc[nH]c3=O)sc12. The minimum atomic E-state index is -0.350. The van der Waals surface area contributed by atoms with Gasteiger partial charge in [-0.3, -0.25) is 24.3 Å². The van der Waals surface area contributed by atoms with Gasteiger partial charge in [0.25, 0.3) is 11.5 Å². The molecule has 192 valence electrons. The van der Waals surface area contributed by atoms with E-state index in [1.54, 1.807) is 48.2 Å². The van der Waals surface area contributed by atoms with Crippen LogP contribution in [-0.2, 0) is 4.79 Å². The molecule has 0 bridgehead atoms. The fourth-order valence-electron chi connectivity index (χ4n) is 4.78. The molecule has 3 N–H and O–H groups in total. The molecule has 5 heterocycles. The van der Waals surface area contributed by atoms with E-state index in [9.17, 15) is 14.4 Å². The first-order valence-electron chi connectivity index (χ1n) is 12.3. The van der Waals surface area contributed by atoms with Crippen LogP contribution >= 0.6 is 11.3 Å². The normalized spacial score (nSPS) is 15.9. The van der Waals surface area contributed by atoms with Crippen molar-refractivity contribution in [3.05, 3.63) is 64.6 Å². The van der Waals surface area contributed by atoms with Gasteiger partial charge >= 0.3 is 0 Å². The monoisotopic (exact) mass is 519 g/mol. The Kier molecular flexibility index (Phi) is 6.90. The van der Waals surface area contributed by atoms with Gasteiger partial charge in [0.05, 0.1) is 45.5 Å². The first-order chi connectivity index (χ1) is 17.8. The van der Waals surface area contributed by atoms with Crippen LogP contribution in [0.4, 0.5) is 11.4 Å². The molecule has 0 aromatic carbocycles. The Hall–Kier alpha value is -3.83. The minimum absolute atomic E-state index is 0.0687. The molecule has 37 heavy (non-hydrogen) atoms. The number of carbonyl (C=O) groups excluding carboxylic acids is 2. The van der Waals surface area contributed by atoms with Crippen LogP contribution in [0.2, 0.25) is 0 Å². The largest absolute Gasteiger partial charge is 0.329 e. The van der Waals surface area contributed by atoms with Crippen molar-refractivity contribution in [1.82, 2.24) is 24.5 Å². The lowest BCUT2D eigenvalue weighted by molar-refractivity contribution is -0.117. The topological polar surface area (TPSA) is 124 Å². The van der Waals surface area contributed by atoms with Gasteiger partial charge in [0.15, 0.2) is 0 Å². The molecule has 1 saturated heterocycles. The van der Waals surface area contributed by atoms with Gasteiger partial charge in [0.1, 0.15) is 4.83 Å². The van der Waals surface area contributed by atoms with Crippen LogP contribution in [-0.4, -0.2) is 54.9 Å². The lowest BCUT2D eigenvalue weighted by Crippen LogP contribution is -2.37. The van der Waals surface area contributed by atoms with Gasteiger partial charge in [-0.25, -0.2) is 4.52 Å². The van der Waals surface area contributed by atoms with Crippen molar-refractivity contribution in [2.45, 2.75) is 52.1 Å². The zero-order valence-corrected chi connectivity index (χ0v) is 21.8. The summed E-state index contributed by atoms with van der Waals surface area (Å²) in [6.07, 6.45) is 8.94. The molecule has 1 unspecified atom stereocenters. The number of aromatic amines is 1. The van der Waals surface area contributed by atoms with Crippen LogP contribution in [0.5, 0.6) is 0 Å². The van der Waals surface area contributed by atoms with Crippen LogP contribution in [0.1, 0.15) is 49.2 Å². The molecule has 1 fully saturated rings. The van der Waals surface area contributed by atoms with Gasteiger partial charge < -0.3 is 15.6 Å². The molecule has 1 atom stereocenters. The van der Waals surface area contributed by atoms with Gasteiger partial charge in [-0.05, 0) is 58.4 Å². The molecular formula is C26H29N7O3S. The maximum Gasteiger partial charge on any atom is 0.260 e. The summed E-state index contributed by atoms with van der Waals surface area (Å²) in [7, 11) is 0. The zero-order chi connectivity index (χ0) is 26.1. The lowest BCUT2D eigenvalue weighted by Gasteiger charge is -2.27. The predicted molar refractivity (Wildman–Crippen MR) is 144 cm³/mol. The molecule has 0 saturated carbocycles. The third-order valence-corrected chi connectivity index (χ3v) is 7.80. The van der Waals surface area contributed by atoms with Gasteiger partial charge in [0.2, 0.25) is 5.91 Å². The van der Waals surface area contributed by atoms with E-state index in [1.807, 2.05) is 0 Å². The Balaban J connectivity index is 1.30. The third kappa shape index (κ3) is 5.18. The van der Waals surface area contributed by atoms with Crippen LogP contribution in [0.15, 0.2) is 47.8 Å². The maximum atomic E-state index is 13.2. The fourth-order valence-corrected chi connectivity index (χ4v) is 5.86. The summed E-state index contributed by atoms with van der Waals surface area (Å²) in [5.74, 6) is -0.418. The minimum Gasteiger partial charge on any atom is -0.329 e. The molecule has 11 heteroatoms. The van der Waals surface area contributed by atoms with E-state index in [4.69, 9.17) is 0 Å². The zero-order valence-electron chi connectivity index (χ0n) is 20.9. The number of likely N-dealkylation sites (tertiary alicyclic amines) is 1. The second-order valence-corrected chi connectivity index (χ2v) is 10.5. The van der Waals surface area contributed by atoms with E-state index in [0.717, 1.165) is 19.4 Å². The highest BCUT2D eigenvalue weighted by Gasteiger charge is 2.28. The van der Waals surface area contributed by atoms with Crippen molar-refractivity contribution in [2.75, 3.05) is 17.2 Å². The number of anilines is 2. The number of hydrogen-bond acceptors (Lipinski definition) is 7. The van der Waals surface area contributed by atoms with E-state index in [1.165, 1.54) is 17.5 Å². The molecule has 0 radical (unpaired) electrons. The highest BCUT2D eigenvalue weighted by Crippen LogP contribution is 2.29. The van der Waals surface area contributed by atoms with Crippen LogP contribution in [0, 0.1) is 6.92 Å². The second-order valence-electron chi connectivity index (χ2n) is 9.51. The molecule has 1 aliphatic heterocycles. The van der Waals surface area contributed by atoms with Crippen molar-refractivity contribution in [2.24, 2.45) is 0 Å². The van der Waals surface area contributed by atoms with Gasteiger partial charge in [-0.1, -0.05) is 0 Å². The highest BCUT2D eigenvalue weighted by molar-refractivity contribution is 7.21. The Morgan fingerprint density at radius 2 is 2.11 bits per heavy atom. The summed E-state index contributed by atoms with van der Waals surface area (Å²) in [4.78, 5) is 48.8. The smallest absolute Gasteiger partial charge is 0.260 e. The van der Waals surface area contributed by atoms with Crippen molar-refractivity contribution >= 4 is 39.4 Å². The van der Waals surface area contributed by atoms with Crippen molar-refractivity contribution in [3.63, 3.8) is 0 Å². The van der Waals surface area contributed by atoms with E-state index in [-0.39, 0.29) is 23.4 Å². The maximum absolute atomic E-state index is 13.2. The summed E-state index contributed by atoms with van der Waals surface area (Å²) in [5.41, 5.74) is 2.35. The summed E-state index contributed by atoms with van der Waals surface area (Å²) in [6, 6.07) is 5.85. The van der Waals surface area contributed by atoms with Crippen molar-refractivity contribution in [1.29, 1.82) is 0 Å². The first kappa shape index (κ1) is 24.8. The molecule has 10 nitrogen and oxygen atoms in total. The Bertz CT molecular complexity index is 1520. The fraction of sp³-hybridized carbons (Fsp3) is 0.346. The van der Waals surface area contributed by atoms with E-state index < -0.39 is 0 Å². The van der Waals surface area contributed by atoms with Gasteiger partial charge in [0, 0.05) is 30.9 Å². The number of fused-ring (bicyclic) bond motifs is 1. The molecule has 0 spiro atoms. The number of hydrogen-bond donors (Lipinski definition) is 3. The van der Waals surface area contributed by atoms with Crippen LogP contribution in [0.3, 0.4) is 0 Å². The Morgan fingerprint density at radius 1 is 1.27 bits per heavy atom. The standard InChI is InChI=1S/C26H29N7O3S/c1-15(2)32-9-5-6-18(32)11-23(34)30-17-10-21(16(3)28-12-17)31-25(36)20-13-29-33-14-22(37-26(20)33)19-7-4-8-27-24(19)35/h4,7-8,10,12-15,18H,5-6,9,11H2,1-3H3,(H,27,35)(H,30,34)(H,31,36). The molecule has 0 aliphatic carbocycles. The predicted octanol–water partition coefficient (Wildman–Crippen LogP) is 3.91. The number of nitrogens with zero attached hydrogens (tertiary/aromatic N) is 4. The number of carbonyl (C=O) groups is 2. The molecule has 5 rings (SSSR count). The third-order valence-electron chi connectivity index (χ3n) is 6.65. The second kappa shape index (κ2) is 10.3. The molecule has 4 aromatic rings. The number of nitrogens with one attached hydrogen (secondary N) is 3. The number of rotatable bonds is 7. The number of aromatic nitrogens is 4. The first-order valence-corrected chi connectivity index (χ1v) is 13.1. The Morgan fingerprint density at radius 3 is 2.89 bits per heavy atom. The molecule has 4 aromatic heterocycles. The molecular weight excluding hydrogens is 490 g/mol. The number of thiazole rings is 1. The number of H-pyrrole nitrogens is 1. The summed E-state index contributed by atoms with van der Waals surface area (Å²) in [6.45, 7) is 7.12. The average molecular weight is 520 g/mol. The van der Waals surface area contributed by atoms with E-state index >= 15 is 0 Å². The number of pyridine rings is 2. The number of amides is 2. The van der Waals surface area contributed by atoms with E-state index in [0.29, 0.717) is 50.4 Å². The Labute approximate surface area is 217 Å². The summed E-state index contributed by atoms with van der Waals surface area (Å²) in [5, 5.41) is 10.1. The van der Waals surface area contributed by atoms with Gasteiger partial charge in [-0.2, -0.15) is 5.10 Å². The number of aryl methyl sites for hydroxylation is 1. The quantitative estimate of drug-likeness (QED) is 0.340. The highest BCUT2D eigenvalue weighted by atomic mass is 32.1. The van der Waals surface area contributed by atoms with Crippen molar-refractivity contribution < 1.29 is 9.59 Å². The van der Waals surface area contributed by atoms with Crippen LogP contribution in [0.25, 0.3) is 15.3 Å². The molecule has 2 amide bonds. The summed E-state index contributed by atoms with van der Waals surface area (Å²) >= 11 is 1.31. The lowest BCUT2D eigenvalue weighted by atomic mass is 10.1. The average Bonchev–Trinajstić information content (AvgIpc) is 3.57. The van der Waals surface area contributed by atoms with Gasteiger partial charge in [-0.15, -0.1) is 11.3 Å². The van der Waals surface area contributed by atoms with Crippen molar-refractivity contribution in [3.8, 4) is 10.4 Å². The summed E-state index contributed by atoms with van der Waals surface area (Å²) < 4.78 is 1.59. The van der Waals surface area contributed by atoms with E-state index in [2.05, 4.69) is 44.4 Å². The molecule has 1 aliphatic rings. The van der Waals surface area contributed by atoms with Crippen LogP contribution < -0.4 is 16.2 Å².